The summed E-state index contributed by atoms with van der Waals surface area (Å²) in [5.74, 6) is -0.432. The van der Waals surface area contributed by atoms with E-state index in [1.165, 1.54) is 12.1 Å². The largest absolute Gasteiger partial charge is 0.478 e. The van der Waals surface area contributed by atoms with E-state index in [0.29, 0.717) is 30.2 Å². The first kappa shape index (κ1) is 14.1. The van der Waals surface area contributed by atoms with Crippen LogP contribution in [0.5, 0.6) is 0 Å². The second-order valence-corrected chi connectivity index (χ2v) is 4.27. The molecular weight excluding hydrogens is 265 g/mol. The molecule has 0 aliphatic heterocycles. The molecule has 1 aromatic heterocycles. The summed E-state index contributed by atoms with van der Waals surface area (Å²) in [6.45, 7) is 2.49. The Bertz CT molecular complexity index is 613. The zero-order valence-electron chi connectivity index (χ0n) is 10.9. The number of halogens is 1. The second-order valence-electron chi connectivity index (χ2n) is 4.27. The molecular formula is C13H14FN3O3. The minimum atomic E-state index is -1.08. The molecule has 1 aromatic carbocycles. The zero-order chi connectivity index (χ0) is 14.5. The summed E-state index contributed by atoms with van der Waals surface area (Å²) < 4.78 is 18.5. The van der Waals surface area contributed by atoms with Crippen molar-refractivity contribution >= 4 is 5.97 Å². The van der Waals surface area contributed by atoms with Gasteiger partial charge in [-0.05, 0) is 25.1 Å². The van der Waals surface area contributed by atoms with E-state index in [1.807, 2.05) is 0 Å². The van der Waals surface area contributed by atoms with Gasteiger partial charge in [0.1, 0.15) is 5.82 Å². The van der Waals surface area contributed by atoms with Gasteiger partial charge in [-0.25, -0.2) is 9.18 Å². The monoisotopic (exact) mass is 279 g/mol. The number of carbonyl (C=O) groups is 1. The topological polar surface area (TPSA) is 88.2 Å². The van der Waals surface area contributed by atoms with Crippen molar-refractivity contribution in [2.45, 2.75) is 19.9 Å². The first-order valence-corrected chi connectivity index (χ1v) is 6.08. The van der Waals surface area contributed by atoms with E-state index in [0.717, 1.165) is 6.07 Å². The molecule has 2 aromatic rings. The number of carboxylic acids is 1. The van der Waals surface area contributed by atoms with Crippen LogP contribution >= 0.6 is 0 Å². The maximum Gasteiger partial charge on any atom is 0.335 e. The summed E-state index contributed by atoms with van der Waals surface area (Å²) in [5.41, 5.74) is 0.377. The number of rotatable bonds is 6. The van der Waals surface area contributed by atoms with Gasteiger partial charge in [0.15, 0.2) is 5.82 Å². The van der Waals surface area contributed by atoms with Crippen molar-refractivity contribution < 1.29 is 18.8 Å². The van der Waals surface area contributed by atoms with Gasteiger partial charge < -0.3 is 14.9 Å². The molecule has 0 amide bonds. The van der Waals surface area contributed by atoms with Crippen molar-refractivity contribution in [3.05, 3.63) is 46.9 Å². The van der Waals surface area contributed by atoms with Crippen LogP contribution in [-0.4, -0.2) is 27.8 Å². The lowest BCUT2D eigenvalue weighted by Crippen LogP contribution is -2.18. The summed E-state index contributed by atoms with van der Waals surface area (Å²) in [7, 11) is 0. The van der Waals surface area contributed by atoms with Crippen molar-refractivity contribution in [3.8, 4) is 0 Å². The molecule has 1 heterocycles. The molecule has 6 nitrogen and oxygen atoms in total. The fourth-order valence-electron chi connectivity index (χ4n) is 1.70. The highest BCUT2D eigenvalue weighted by molar-refractivity contribution is 5.87. The average molecular weight is 279 g/mol. The standard InChI is InChI=1S/C13H14FN3O3/c1-8-16-12(20-17-8)4-5-15-7-10-6-9(13(18)19)2-3-11(10)14/h2-3,6,15H,4-5,7H2,1H3,(H,18,19). The SMILES string of the molecule is Cc1noc(CCNCc2cc(C(=O)O)ccc2F)n1. The van der Waals surface area contributed by atoms with Crippen molar-refractivity contribution in [2.75, 3.05) is 6.54 Å². The van der Waals surface area contributed by atoms with Gasteiger partial charge in [0.2, 0.25) is 5.89 Å². The molecule has 20 heavy (non-hydrogen) atoms. The van der Waals surface area contributed by atoms with Crippen LogP contribution in [-0.2, 0) is 13.0 Å². The smallest absolute Gasteiger partial charge is 0.335 e. The Kier molecular flexibility index (Phi) is 4.41. The van der Waals surface area contributed by atoms with Gasteiger partial charge in [0, 0.05) is 25.1 Å². The van der Waals surface area contributed by atoms with Crippen molar-refractivity contribution in [1.82, 2.24) is 15.5 Å². The van der Waals surface area contributed by atoms with Gasteiger partial charge in [0.05, 0.1) is 5.56 Å². The third-order valence-corrected chi connectivity index (χ3v) is 2.69. The number of benzene rings is 1. The molecule has 0 aliphatic carbocycles. The Balaban J connectivity index is 1.87. The van der Waals surface area contributed by atoms with E-state index in [-0.39, 0.29) is 12.1 Å². The quantitative estimate of drug-likeness (QED) is 0.780. The lowest BCUT2D eigenvalue weighted by Gasteiger charge is -2.06. The van der Waals surface area contributed by atoms with E-state index in [1.54, 1.807) is 6.92 Å². The van der Waals surface area contributed by atoms with Gasteiger partial charge >= 0.3 is 5.97 Å². The van der Waals surface area contributed by atoms with Crippen LogP contribution in [0.1, 0.15) is 27.6 Å². The van der Waals surface area contributed by atoms with Crippen molar-refractivity contribution in [1.29, 1.82) is 0 Å². The highest BCUT2D eigenvalue weighted by atomic mass is 19.1. The molecule has 2 rings (SSSR count). The molecule has 7 heteroatoms. The molecule has 0 spiro atoms. The normalized spacial score (nSPS) is 10.7. The maximum atomic E-state index is 13.5. The van der Waals surface area contributed by atoms with E-state index in [9.17, 15) is 9.18 Å². The minimum absolute atomic E-state index is 0.0655. The number of carboxylic acid groups (broad SMARTS) is 1. The molecule has 0 saturated carbocycles. The van der Waals surface area contributed by atoms with Gasteiger partial charge in [0.25, 0.3) is 0 Å². The number of aryl methyl sites for hydroxylation is 1. The Labute approximate surface area is 114 Å². The first-order chi connectivity index (χ1) is 9.56. The number of aromatic nitrogens is 2. The van der Waals surface area contributed by atoms with Crippen LogP contribution in [0.2, 0.25) is 0 Å². The Morgan fingerprint density at radius 1 is 1.50 bits per heavy atom. The molecule has 2 N–H and O–H groups in total. The fourth-order valence-corrected chi connectivity index (χ4v) is 1.70. The third kappa shape index (κ3) is 3.61. The molecule has 0 fully saturated rings. The first-order valence-electron chi connectivity index (χ1n) is 6.08. The molecule has 0 radical (unpaired) electrons. The lowest BCUT2D eigenvalue weighted by atomic mass is 10.1. The summed E-state index contributed by atoms with van der Waals surface area (Å²) >= 11 is 0. The second kappa shape index (κ2) is 6.25. The van der Waals surface area contributed by atoms with Crippen molar-refractivity contribution in [2.24, 2.45) is 0 Å². The van der Waals surface area contributed by atoms with E-state index in [2.05, 4.69) is 15.5 Å². The lowest BCUT2D eigenvalue weighted by molar-refractivity contribution is 0.0696. The van der Waals surface area contributed by atoms with Crippen LogP contribution in [0, 0.1) is 12.7 Å². The predicted octanol–water partition coefficient (Wildman–Crippen LogP) is 1.55. The van der Waals surface area contributed by atoms with Gasteiger partial charge in [-0.2, -0.15) is 4.98 Å². The van der Waals surface area contributed by atoms with Crippen molar-refractivity contribution in [3.63, 3.8) is 0 Å². The molecule has 0 unspecified atom stereocenters. The molecule has 0 atom stereocenters. The zero-order valence-corrected chi connectivity index (χ0v) is 10.9. The Morgan fingerprint density at radius 2 is 2.30 bits per heavy atom. The summed E-state index contributed by atoms with van der Waals surface area (Å²) in [6.07, 6.45) is 0.529. The Hall–Kier alpha value is -2.28. The van der Waals surface area contributed by atoms with Crippen LogP contribution < -0.4 is 5.32 Å². The van der Waals surface area contributed by atoms with Gasteiger partial charge in [-0.15, -0.1) is 0 Å². The number of nitrogens with one attached hydrogen (secondary N) is 1. The van der Waals surface area contributed by atoms with Crippen LogP contribution in [0.15, 0.2) is 22.7 Å². The van der Waals surface area contributed by atoms with Crippen LogP contribution in [0.4, 0.5) is 4.39 Å². The number of nitrogens with zero attached hydrogens (tertiary/aromatic N) is 2. The summed E-state index contributed by atoms with van der Waals surface area (Å²) in [5, 5.41) is 15.5. The fraction of sp³-hybridized carbons (Fsp3) is 0.308. The molecule has 106 valence electrons. The third-order valence-electron chi connectivity index (χ3n) is 2.69. The van der Waals surface area contributed by atoms with Crippen LogP contribution in [0.25, 0.3) is 0 Å². The van der Waals surface area contributed by atoms with Gasteiger partial charge in [-0.1, -0.05) is 5.16 Å². The van der Waals surface area contributed by atoms with E-state index >= 15 is 0 Å². The molecule has 0 aliphatic rings. The van der Waals surface area contributed by atoms with Crippen LogP contribution in [0.3, 0.4) is 0 Å². The van der Waals surface area contributed by atoms with Gasteiger partial charge in [-0.3, -0.25) is 0 Å². The number of hydrogen-bond acceptors (Lipinski definition) is 5. The summed E-state index contributed by atoms with van der Waals surface area (Å²) in [4.78, 5) is 14.9. The maximum absolute atomic E-state index is 13.5. The molecule has 0 saturated heterocycles. The highest BCUT2D eigenvalue weighted by Gasteiger charge is 2.08. The molecule has 0 bridgehead atoms. The Morgan fingerprint density at radius 3 is 2.95 bits per heavy atom. The summed E-state index contributed by atoms with van der Waals surface area (Å²) in [6, 6.07) is 3.71. The minimum Gasteiger partial charge on any atom is -0.478 e. The number of aromatic carboxylic acids is 1. The highest BCUT2D eigenvalue weighted by Crippen LogP contribution is 2.10. The predicted molar refractivity (Wildman–Crippen MR) is 67.8 cm³/mol. The average Bonchev–Trinajstić information content (AvgIpc) is 2.82. The number of hydrogen-bond donors (Lipinski definition) is 2. The van der Waals surface area contributed by atoms with E-state index < -0.39 is 11.8 Å². The van der Waals surface area contributed by atoms with E-state index in [4.69, 9.17) is 9.63 Å².